The van der Waals surface area contributed by atoms with Crippen LogP contribution in [0.5, 0.6) is 0 Å². The van der Waals surface area contributed by atoms with Crippen LogP contribution in [0.1, 0.15) is 55.4 Å². The molecule has 22 heteroatoms. The van der Waals surface area contributed by atoms with Crippen molar-refractivity contribution in [2.24, 2.45) is 22.7 Å². The molecule has 0 aliphatic carbocycles. The highest BCUT2D eigenvalue weighted by Gasteiger charge is 2.54. The average Bonchev–Trinajstić information content (AvgIpc) is 4.24. The van der Waals surface area contributed by atoms with Crippen LogP contribution in [0.25, 0.3) is 21.5 Å². The summed E-state index contributed by atoms with van der Waals surface area (Å²) < 4.78 is 0. The van der Waals surface area contributed by atoms with E-state index in [0.717, 1.165) is 21.5 Å². The molecule has 4 aromatic rings. The van der Waals surface area contributed by atoms with Crippen LogP contribution in [-0.4, -0.2) is 168 Å². The Balaban J connectivity index is 0.960. The minimum absolute atomic E-state index is 0.00191. The van der Waals surface area contributed by atoms with Crippen molar-refractivity contribution >= 4 is 92.0 Å². The summed E-state index contributed by atoms with van der Waals surface area (Å²) in [6.07, 6.45) is 3.32. The lowest BCUT2D eigenvalue weighted by Crippen LogP contribution is -2.59. The maximum Gasteiger partial charge on any atom is 0.309 e. The Bertz CT molecular complexity index is 3060. The van der Waals surface area contributed by atoms with E-state index in [4.69, 9.17) is 0 Å². The summed E-state index contributed by atoms with van der Waals surface area (Å²) in [6.45, 7) is 12.4. The molecule has 22 nitrogen and oxygen atoms in total. The molecule has 2 saturated heterocycles. The fraction of sp³-hybridized carbons (Fsp3) is 0.433. The molecule has 10 amide bonds. The molecular weight excluding hydrogens is 1050 g/mol. The Morgan fingerprint density at radius 2 is 0.866 bits per heavy atom. The van der Waals surface area contributed by atoms with Gasteiger partial charge in [0.05, 0.1) is 49.1 Å². The van der Waals surface area contributed by atoms with E-state index in [0.29, 0.717) is 22.8 Å². The maximum atomic E-state index is 14.7. The van der Waals surface area contributed by atoms with Gasteiger partial charge in [0, 0.05) is 59.7 Å². The number of likely N-dealkylation sites (N-methyl/N-ethyl adjacent to an activating group) is 2. The van der Waals surface area contributed by atoms with Gasteiger partial charge in [0.25, 0.3) is 0 Å². The van der Waals surface area contributed by atoms with Crippen molar-refractivity contribution < 1.29 is 47.9 Å². The fourth-order valence-electron chi connectivity index (χ4n) is 11.0. The zero-order valence-electron chi connectivity index (χ0n) is 48.0. The van der Waals surface area contributed by atoms with Gasteiger partial charge in [-0.05, 0) is 73.8 Å². The number of rotatable bonds is 16. The Morgan fingerprint density at radius 1 is 0.512 bits per heavy atom. The van der Waals surface area contributed by atoms with E-state index in [-0.39, 0.29) is 26.2 Å². The number of anilines is 2. The molecule has 0 radical (unpaired) electrons. The van der Waals surface area contributed by atoms with Crippen LogP contribution >= 0.6 is 0 Å². The Morgan fingerprint density at radius 3 is 1.22 bits per heavy atom. The van der Waals surface area contributed by atoms with Gasteiger partial charge in [0.2, 0.25) is 47.3 Å². The fourth-order valence-corrected chi connectivity index (χ4v) is 11.0. The average molecular weight is 1120 g/mol. The molecule has 4 aromatic carbocycles. The lowest BCUT2D eigenvalue weighted by Gasteiger charge is -2.37. The summed E-state index contributed by atoms with van der Waals surface area (Å²) in [5.74, 6) is -8.62. The van der Waals surface area contributed by atoms with Crippen LogP contribution in [0.15, 0.2) is 108 Å². The molecule has 0 spiro atoms. The Hall–Kier alpha value is -8.50. The van der Waals surface area contributed by atoms with Crippen LogP contribution in [0.4, 0.5) is 11.4 Å². The van der Waals surface area contributed by atoms with E-state index in [1.807, 2.05) is 102 Å². The predicted octanol–water partition coefficient (Wildman–Crippen LogP) is 2.19. The summed E-state index contributed by atoms with van der Waals surface area (Å²) in [5.41, 5.74) is 0.142. The van der Waals surface area contributed by atoms with Crippen molar-refractivity contribution in [1.29, 1.82) is 0 Å². The summed E-state index contributed by atoms with van der Waals surface area (Å²) in [6, 6.07) is 20.7. The number of carbonyl (C=O) groups is 10. The van der Waals surface area contributed by atoms with Crippen LogP contribution in [0.3, 0.4) is 0 Å². The molecule has 434 valence electrons. The second-order valence-corrected chi connectivity index (χ2v) is 23.4. The maximum absolute atomic E-state index is 14.7. The number of benzene rings is 4. The smallest absolute Gasteiger partial charge is 0.309 e. The van der Waals surface area contributed by atoms with Crippen molar-refractivity contribution in [1.82, 2.24) is 51.5 Å². The number of hydrogen-bond donors (Lipinski definition) is 8. The van der Waals surface area contributed by atoms with Crippen molar-refractivity contribution in [3.05, 3.63) is 108 Å². The van der Waals surface area contributed by atoms with E-state index in [2.05, 4.69) is 42.5 Å². The van der Waals surface area contributed by atoms with Crippen LogP contribution < -0.4 is 42.5 Å². The molecule has 0 bridgehead atoms. The highest BCUT2D eigenvalue weighted by Crippen LogP contribution is 2.40. The highest BCUT2D eigenvalue weighted by atomic mass is 16.2. The third-order valence-corrected chi connectivity index (χ3v) is 15.8. The molecular formula is C60H74N12O10. The summed E-state index contributed by atoms with van der Waals surface area (Å²) in [7, 11) is 3.25. The number of carbonyl (C=O) groups excluding carboxylic acids is 10. The van der Waals surface area contributed by atoms with Gasteiger partial charge in [-0.3, -0.25) is 47.9 Å². The molecule has 82 heavy (non-hydrogen) atoms. The summed E-state index contributed by atoms with van der Waals surface area (Å²) in [5, 5.41) is 25.5. The molecule has 0 aromatic heterocycles. The molecule has 8 atom stereocenters. The molecule has 8 rings (SSSR count). The zero-order valence-corrected chi connectivity index (χ0v) is 48.0. The third kappa shape index (κ3) is 12.4. The zero-order chi connectivity index (χ0) is 59.5. The number of nitrogens with one attached hydrogen (secondary N) is 8. The quantitative estimate of drug-likeness (QED) is 0.0751. The first-order valence-corrected chi connectivity index (χ1v) is 27.5. The van der Waals surface area contributed by atoms with Gasteiger partial charge in [-0.2, -0.15) is 0 Å². The molecule has 4 aliphatic rings. The number of fused-ring (bicyclic) bond motifs is 4. The Labute approximate surface area is 476 Å². The van der Waals surface area contributed by atoms with Gasteiger partial charge in [0.15, 0.2) is 0 Å². The van der Waals surface area contributed by atoms with Gasteiger partial charge in [-0.1, -0.05) is 114 Å². The Kier molecular flexibility index (Phi) is 17.7. The first kappa shape index (κ1) is 59.6. The minimum atomic E-state index is -1.25. The topological polar surface area (TPSA) is 280 Å². The molecule has 8 N–H and O–H groups in total. The summed E-state index contributed by atoms with van der Waals surface area (Å²) >= 11 is 0. The van der Waals surface area contributed by atoms with E-state index in [9.17, 15) is 47.9 Å². The first-order valence-electron chi connectivity index (χ1n) is 27.5. The number of hydrogen-bond acceptors (Lipinski definition) is 12. The molecule has 2 fully saturated rings. The predicted molar refractivity (Wildman–Crippen MR) is 309 cm³/mol. The van der Waals surface area contributed by atoms with Crippen LogP contribution in [-0.2, 0) is 47.9 Å². The monoisotopic (exact) mass is 1120 g/mol. The lowest BCUT2D eigenvalue weighted by molar-refractivity contribution is -0.141. The number of nitrogens with zero attached hydrogens (tertiary/aromatic N) is 4. The summed E-state index contributed by atoms with van der Waals surface area (Å²) in [4.78, 5) is 146. The van der Waals surface area contributed by atoms with Crippen molar-refractivity contribution in [2.45, 2.75) is 91.6 Å². The highest BCUT2D eigenvalue weighted by molar-refractivity contribution is 6.35. The molecule has 0 saturated carbocycles. The van der Waals surface area contributed by atoms with Crippen molar-refractivity contribution in [2.75, 3.05) is 64.0 Å². The third-order valence-electron chi connectivity index (χ3n) is 15.8. The number of amides is 10. The minimum Gasteiger partial charge on any atom is -0.342 e. The second-order valence-electron chi connectivity index (χ2n) is 23.4. The molecule has 4 aliphatic heterocycles. The van der Waals surface area contributed by atoms with E-state index in [1.165, 1.54) is 19.6 Å². The van der Waals surface area contributed by atoms with E-state index < -0.39 is 131 Å². The number of likely N-dealkylation sites (tertiary alicyclic amines) is 2. The molecule has 8 unspecified atom stereocenters. The van der Waals surface area contributed by atoms with Crippen molar-refractivity contribution in [3.8, 4) is 0 Å². The van der Waals surface area contributed by atoms with Crippen LogP contribution in [0, 0.1) is 22.7 Å². The van der Waals surface area contributed by atoms with Gasteiger partial charge in [-0.25, -0.2) is 0 Å². The van der Waals surface area contributed by atoms with Gasteiger partial charge in [0.1, 0.15) is 12.1 Å². The van der Waals surface area contributed by atoms with Gasteiger partial charge < -0.3 is 62.1 Å². The lowest BCUT2D eigenvalue weighted by atomic mass is 9.85. The SMILES string of the molecule is CNC(C)C(=O)NC(C(=O)N1CC=C2C1C(C(=O)Nc1cccc3ccccc13)CN2C(=O)CNC(=O)C(=O)NCC(=O)N1CC(C(=O)Nc2cccc3ccccc23)C2C1=CCN2C(=O)C(NC(=O)C(C)NC)C(C)(C)C)C(C)(C)C. The van der Waals surface area contributed by atoms with Crippen LogP contribution in [0.2, 0.25) is 0 Å². The van der Waals surface area contributed by atoms with E-state index in [1.54, 1.807) is 64.4 Å². The standard InChI is InChI=1S/C60H74N12O10/c1-33(61-9)51(75)67-49(59(3,4)5)57(81)69-27-25-43-47(69)39(53(77)65-41-23-15-19-35-17-11-13-21-37(35)41)31-71(43)45(73)29-63-55(79)56(80)64-30-46(74)72-32-40(54(78)66-42-24-16-20-36-18-12-14-22-38(36)42)48-44(72)26-28-70(48)58(82)50(60(6,7)8)68-52(76)34(2)62-10/h11-26,33-34,39-40,47-50,61-62H,27-32H2,1-10H3,(H,63,79)(H,64,80)(H,65,77)(H,66,78)(H,67,75)(H,68,76). The van der Waals surface area contributed by atoms with E-state index >= 15 is 0 Å². The largest absolute Gasteiger partial charge is 0.342 e. The van der Waals surface area contributed by atoms with Gasteiger partial charge in [-0.15, -0.1) is 0 Å². The molecule has 4 heterocycles. The van der Waals surface area contributed by atoms with Crippen molar-refractivity contribution in [3.63, 3.8) is 0 Å². The van der Waals surface area contributed by atoms with Gasteiger partial charge >= 0.3 is 11.8 Å². The first-order chi connectivity index (χ1) is 38.8. The second kappa shape index (κ2) is 24.3. The normalized spacial score (nSPS) is 19.9.